The third-order valence-electron chi connectivity index (χ3n) is 5.70. The molecule has 2 N–H and O–H groups in total. The summed E-state index contributed by atoms with van der Waals surface area (Å²) in [5.41, 5.74) is 2.18. The number of rotatable bonds is 17. The van der Waals surface area contributed by atoms with E-state index in [9.17, 15) is 14.7 Å². The number of nitrogens with zero attached hydrogens (tertiary/aromatic N) is 1. The molecule has 0 heterocycles. The maximum absolute atomic E-state index is 12.7. The number of hydrogen-bond acceptors (Lipinski definition) is 4. The number of carboxylic acids is 1. The van der Waals surface area contributed by atoms with Crippen molar-refractivity contribution in [3.63, 3.8) is 0 Å². The van der Waals surface area contributed by atoms with Gasteiger partial charge in [-0.1, -0.05) is 55.8 Å². The first-order valence-electron chi connectivity index (χ1n) is 12.7. The molecular weight excluding hydrogens is 444 g/mol. The molecule has 1 unspecified atom stereocenters. The number of urea groups is 1. The number of amides is 2. The average Bonchev–Trinajstić information content (AvgIpc) is 2.86. The summed E-state index contributed by atoms with van der Waals surface area (Å²) in [4.78, 5) is 25.8. The van der Waals surface area contributed by atoms with Gasteiger partial charge in [0.15, 0.2) is 6.10 Å². The van der Waals surface area contributed by atoms with E-state index in [-0.39, 0.29) is 6.03 Å². The maximum Gasteiger partial charge on any atom is 0.333 e. The highest BCUT2D eigenvalue weighted by molar-refractivity contribution is 5.74. The summed E-state index contributed by atoms with van der Waals surface area (Å²) in [6, 6.07) is 17.7. The van der Waals surface area contributed by atoms with Crippen LogP contribution in [0.5, 0.6) is 5.75 Å². The lowest BCUT2D eigenvalue weighted by atomic mass is 10.1. The molecule has 2 aromatic carbocycles. The number of benzene rings is 2. The largest absolute Gasteiger partial charge is 0.492 e. The molecule has 0 aliphatic heterocycles. The predicted octanol–water partition coefficient (Wildman–Crippen LogP) is 4.93. The number of carbonyl (C=O) groups is 2. The number of hydrogen-bond donors (Lipinski definition) is 2. The van der Waals surface area contributed by atoms with Crippen molar-refractivity contribution < 1.29 is 24.2 Å². The molecule has 7 nitrogen and oxygen atoms in total. The van der Waals surface area contributed by atoms with Crippen molar-refractivity contribution in [1.82, 2.24) is 10.2 Å². The van der Waals surface area contributed by atoms with E-state index in [1.54, 1.807) is 6.92 Å². The van der Waals surface area contributed by atoms with Crippen molar-refractivity contribution in [1.29, 1.82) is 0 Å². The van der Waals surface area contributed by atoms with Crippen molar-refractivity contribution >= 4 is 12.0 Å². The minimum Gasteiger partial charge on any atom is -0.492 e. The van der Waals surface area contributed by atoms with Crippen LogP contribution in [0, 0.1) is 0 Å². The molecule has 192 valence electrons. The number of carboxylic acid groups (broad SMARTS) is 1. The van der Waals surface area contributed by atoms with E-state index in [0.717, 1.165) is 37.7 Å². The summed E-state index contributed by atoms with van der Waals surface area (Å²) in [7, 11) is 0. The molecule has 0 bridgehead atoms. The Morgan fingerprint density at radius 1 is 0.943 bits per heavy atom. The van der Waals surface area contributed by atoms with E-state index in [2.05, 4.69) is 36.5 Å². The van der Waals surface area contributed by atoms with E-state index in [0.29, 0.717) is 45.0 Å². The van der Waals surface area contributed by atoms with E-state index in [1.165, 1.54) is 5.56 Å². The summed E-state index contributed by atoms with van der Waals surface area (Å²) in [6.45, 7) is 6.48. The Balaban J connectivity index is 1.82. The van der Waals surface area contributed by atoms with Crippen molar-refractivity contribution in [2.45, 2.75) is 58.5 Å². The van der Waals surface area contributed by atoms with Crippen molar-refractivity contribution in [2.75, 3.05) is 32.8 Å². The zero-order valence-corrected chi connectivity index (χ0v) is 21.1. The molecule has 0 aliphatic rings. The molecule has 0 fully saturated rings. The Morgan fingerprint density at radius 3 is 2.34 bits per heavy atom. The van der Waals surface area contributed by atoms with Gasteiger partial charge in [0.1, 0.15) is 12.4 Å². The number of nitrogens with one attached hydrogen (secondary N) is 1. The van der Waals surface area contributed by atoms with Gasteiger partial charge in [0, 0.05) is 26.1 Å². The molecule has 0 spiro atoms. The lowest BCUT2D eigenvalue weighted by molar-refractivity contribution is -0.149. The monoisotopic (exact) mass is 484 g/mol. The second kappa shape index (κ2) is 16.5. The molecule has 1 atom stereocenters. The van der Waals surface area contributed by atoms with Gasteiger partial charge < -0.3 is 24.8 Å². The molecule has 2 aromatic rings. The standard InChI is InChI=1S/C28H40N2O5/c1-3-5-18-29-28(33)30(19-10-9-13-23-11-7-6-8-12-23)20-21-35-25-16-14-24(15-17-25)22-26(27(31)32)34-4-2/h6-8,11-12,14-17,26H,3-5,9-10,13,18-22H2,1-2H3,(H,29,33)(H,31,32). The fourth-order valence-corrected chi connectivity index (χ4v) is 3.70. The second-order valence-electron chi connectivity index (χ2n) is 8.49. The van der Waals surface area contributed by atoms with Crippen LogP contribution < -0.4 is 10.1 Å². The predicted molar refractivity (Wildman–Crippen MR) is 138 cm³/mol. The Labute approximate surface area is 209 Å². The van der Waals surface area contributed by atoms with Crippen LogP contribution in [-0.2, 0) is 22.4 Å². The lowest BCUT2D eigenvalue weighted by Crippen LogP contribution is -2.43. The number of aliphatic carboxylic acids is 1. The van der Waals surface area contributed by atoms with Crippen LogP contribution in [0.1, 0.15) is 50.7 Å². The van der Waals surface area contributed by atoms with Crippen LogP contribution in [0.3, 0.4) is 0 Å². The first kappa shape index (κ1) is 28.2. The van der Waals surface area contributed by atoms with Gasteiger partial charge in [0.05, 0.1) is 6.54 Å². The molecule has 0 aromatic heterocycles. The van der Waals surface area contributed by atoms with Gasteiger partial charge in [0.2, 0.25) is 0 Å². The van der Waals surface area contributed by atoms with Crippen LogP contribution in [0.25, 0.3) is 0 Å². The van der Waals surface area contributed by atoms with E-state index in [1.807, 2.05) is 35.2 Å². The lowest BCUT2D eigenvalue weighted by Gasteiger charge is -2.23. The van der Waals surface area contributed by atoms with Crippen LogP contribution >= 0.6 is 0 Å². The highest BCUT2D eigenvalue weighted by atomic mass is 16.5. The van der Waals surface area contributed by atoms with Gasteiger partial charge in [-0.15, -0.1) is 0 Å². The fourth-order valence-electron chi connectivity index (χ4n) is 3.70. The van der Waals surface area contributed by atoms with Crippen molar-refractivity contribution in [3.8, 4) is 5.75 Å². The van der Waals surface area contributed by atoms with Gasteiger partial charge in [-0.25, -0.2) is 9.59 Å². The van der Waals surface area contributed by atoms with Gasteiger partial charge in [-0.3, -0.25) is 0 Å². The molecule has 2 rings (SSSR count). The van der Waals surface area contributed by atoms with Gasteiger partial charge in [-0.2, -0.15) is 0 Å². The summed E-state index contributed by atoms with van der Waals surface area (Å²) < 4.78 is 11.2. The third kappa shape index (κ3) is 11.3. The molecule has 0 saturated carbocycles. The van der Waals surface area contributed by atoms with E-state index in [4.69, 9.17) is 9.47 Å². The Bertz CT molecular complexity index is 857. The summed E-state index contributed by atoms with van der Waals surface area (Å²) in [6.07, 6.45) is 4.39. The minimum absolute atomic E-state index is 0.0484. The summed E-state index contributed by atoms with van der Waals surface area (Å²) >= 11 is 0. The van der Waals surface area contributed by atoms with E-state index >= 15 is 0 Å². The Kier molecular flexibility index (Phi) is 13.3. The van der Waals surface area contributed by atoms with E-state index < -0.39 is 12.1 Å². The molecule has 0 aliphatic carbocycles. The van der Waals surface area contributed by atoms with Crippen LogP contribution in [0.2, 0.25) is 0 Å². The SMILES string of the molecule is CCCCNC(=O)N(CCCCc1ccccc1)CCOc1ccc(CC(OCC)C(=O)O)cc1. The minimum atomic E-state index is -0.965. The van der Waals surface area contributed by atoms with Crippen molar-refractivity contribution in [3.05, 3.63) is 65.7 Å². The maximum atomic E-state index is 12.7. The molecule has 0 saturated heterocycles. The molecule has 7 heteroatoms. The van der Waals surface area contributed by atoms with Gasteiger partial charge in [0.25, 0.3) is 0 Å². The average molecular weight is 485 g/mol. The van der Waals surface area contributed by atoms with Crippen molar-refractivity contribution in [2.24, 2.45) is 0 Å². The number of carbonyl (C=O) groups excluding carboxylic acids is 1. The smallest absolute Gasteiger partial charge is 0.333 e. The number of ether oxygens (including phenoxy) is 2. The Morgan fingerprint density at radius 2 is 1.69 bits per heavy atom. The first-order chi connectivity index (χ1) is 17.0. The third-order valence-corrected chi connectivity index (χ3v) is 5.70. The fraction of sp³-hybridized carbons (Fsp3) is 0.500. The number of unbranched alkanes of at least 4 members (excludes halogenated alkanes) is 2. The second-order valence-corrected chi connectivity index (χ2v) is 8.49. The quantitative estimate of drug-likeness (QED) is 0.311. The Hall–Kier alpha value is -3.06. The first-order valence-corrected chi connectivity index (χ1v) is 12.7. The molecule has 2 amide bonds. The number of aryl methyl sites for hydroxylation is 1. The molecular formula is C28H40N2O5. The summed E-state index contributed by atoms with van der Waals surface area (Å²) in [5, 5.41) is 12.3. The highest BCUT2D eigenvalue weighted by Gasteiger charge is 2.18. The topological polar surface area (TPSA) is 88.1 Å². The van der Waals surface area contributed by atoms with Crippen LogP contribution in [0.4, 0.5) is 4.79 Å². The van der Waals surface area contributed by atoms with Gasteiger partial charge in [-0.05, 0) is 55.9 Å². The molecule has 35 heavy (non-hydrogen) atoms. The van der Waals surface area contributed by atoms with Crippen LogP contribution in [0.15, 0.2) is 54.6 Å². The molecule has 0 radical (unpaired) electrons. The zero-order valence-electron chi connectivity index (χ0n) is 21.1. The summed E-state index contributed by atoms with van der Waals surface area (Å²) in [5.74, 6) is -0.277. The highest BCUT2D eigenvalue weighted by Crippen LogP contribution is 2.15. The normalized spacial score (nSPS) is 11.6. The van der Waals surface area contributed by atoms with Gasteiger partial charge >= 0.3 is 12.0 Å². The van der Waals surface area contributed by atoms with Crippen LogP contribution in [-0.4, -0.2) is 61.0 Å². The zero-order chi connectivity index (χ0) is 25.3.